The molecule has 0 aromatic carbocycles. The SMILES string of the molecule is CON1[C@@]2(C(C)C)CC[C@]3(C)[C@H]4CC[C@@H]5[C@H]6[C@H]7OC[C@@]6(CCC7(C)C)CC[C@@]5(C)[C@]4(C)CC[C@@]13OO2. The number of ether oxygens (including phenoxy) is 1. The zero-order chi connectivity index (χ0) is 25.6. The Labute approximate surface area is 219 Å². The normalized spacial score (nSPS) is 59.2. The average molecular weight is 502 g/mol. The maximum absolute atomic E-state index is 6.74. The highest BCUT2D eigenvalue weighted by atomic mass is 17.3. The van der Waals surface area contributed by atoms with E-state index in [1.807, 2.05) is 7.11 Å². The molecule has 4 saturated carbocycles. The summed E-state index contributed by atoms with van der Waals surface area (Å²) in [6.07, 6.45) is 12.8. The molecule has 7 fully saturated rings. The van der Waals surface area contributed by atoms with Crippen LogP contribution in [0.25, 0.3) is 0 Å². The van der Waals surface area contributed by atoms with Gasteiger partial charge in [0.25, 0.3) is 0 Å². The first-order valence-electron chi connectivity index (χ1n) is 15.2. The highest BCUT2D eigenvalue weighted by Gasteiger charge is 2.79. The standard InChI is InChI=1S/C31H51NO4/c1-20(2)30-17-13-28(7)22-10-9-21-23-24-25(3,4)11-15-29(23,19-34-24)16-12-26(21,5)27(22,6)14-18-31(28,36-35-30)32(30)33-8/h20-24H,9-19H2,1-8H3/t21-,22+,23+,24-,26-,27-,28-,29-,30+,31+/m1/s1. The zero-order valence-corrected chi connectivity index (χ0v) is 24.2. The van der Waals surface area contributed by atoms with Gasteiger partial charge in [0.2, 0.25) is 0 Å². The van der Waals surface area contributed by atoms with Crippen molar-refractivity contribution in [3.63, 3.8) is 0 Å². The van der Waals surface area contributed by atoms with Crippen molar-refractivity contribution in [2.45, 2.75) is 130 Å². The van der Waals surface area contributed by atoms with E-state index in [1.54, 1.807) is 0 Å². The Hall–Kier alpha value is -0.200. The maximum atomic E-state index is 6.74. The molecule has 7 aliphatic rings. The number of rotatable bonds is 2. The van der Waals surface area contributed by atoms with Gasteiger partial charge >= 0.3 is 0 Å². The van der Waals surface area contributed by atoms with E-state index in [1.165, 1.54) is 44.9 Å². The predicted octanol–water partition coefficient (Wildman–Crippen LogP) is 7.11. The molecule has 204 valence electrons. The number of fused-ring (bicyclic) bond motifs is 5. The van der Waals surface area contributed by atoms with Crippen molar-refractivity contribution in [2.75, 3.05) is 13.7 Å². The molecule has 4 bridgehead atoms. The molecular formula is C31H51NO4. The monoisotopic (exact) mass is 501 g/mol. The van der Waals surface area contributed by atoms with Crippen LogP contribution in [0.1, 0.15) is 113 Å². The van der Waals surface area contributed by atoms with Crippen LogP contribution in [0.5, 0.6) is 0 Å². The minimum Gasteiger partial charge on any atom is -0.377 e. The lowest BCUT2D eigenvalue weighted by Crippen LogP contribution is -2.74. The van der Waals surface area contributed by atoms with Crippen LogP contribution in [0.3, 0.4) is 0 Å². The van der Waals surface area contributed by atoms with Crippen LogP contribution in [0.15, 0.2) is 0 Å². The fourth-order valence-electron chi connectivity index (χ4n) is 12.1. The number of hydrogen-bond acceptors (Lipinski definition) is 5. The Balaban J connectivity index is 1.29. The van der Waals surface area contributed by atoms with Crippen LogP contribution in [-0.4, -0.2) is 36.3 Å². The molecule has 36 heavy (non-hydrogen) atoms. The smallest absolute Gasteiger partial charge is 0.187 e. The van der Waals surface area contributed by atoms with Crippen molar-refractivity contribution in [2.24, 2.45) is 50.7 Å². The predicted molar refractivity (Wildman–Crippen MR) is 138 cm³/mol. The van der Waals surface area contributed by atoms with E-state index >= 15 is 0 Å². The second-order valence-corrected chi connectivity index (χ2v) is 16.0. The van der Waals surface area contributed by atoms with Gasteiger partial charge in [0, 0.05) is 11.3 Å². The Morgan fingerprint density at radius 3 is 2.19 bits per heavy atom. The van der Waals surface area contributed by atoms with Crippen molar-refractivity contribution >= 4 is 0 Å². The summed E-state index contributed by atoms with van der Waals surface area (Å²) in [7, 11) is 1.83. The summed E-state index contributed by atoms with van der Waals surface area (Å²) in [5, 5.41) is 2.19. The summed E-state index contributed by atoms with van der Waals surface area (Å²) in [6, 6.07) is 0. The molecule has 0 aromatic rings. The number of piperidine rings is 1. The Morgan fingerprint density at radius 1 is 0.778 bits per heavy atom. The molecule has 5 heteroatoms. The molecule has 0 N–H and O–H groups in total. The van der Waals surface area contributed by atoms with Gasteiger partial charge in [-0.2, -0.15) is 0 Å². The molecule has 5 nitrogen and oxygen atoms in total. The van der Waals surface area contributed by atoms with Gasteiger partial charge in [-0.25, -0.2) is 9.78 Å². The number of hydrogen-bond donors (Lipinski definition) is 0. The van der Waals surface area contributed by atoms with Crippen molar-refractivity contribution < 1.29 is 19.3 Å². The fraction of sp³-hybridized carbons (Fsp3) is 1.00. The van der Waals surface area contributed by atoms with Gasteiger partial charge in [-0.3, -0.25) is 4.84 Å². The summed E-state index contributed by atoms with van der Waals surface area (Å²) >= 11 is 0. The summed E-state index contributed by atoms with van der Waals surface area (Å²) in [5.74, 6) is 2.43. The topological polar surface area (TPSA) is 40.2 Å². The third kappa shape index (κ3) is 2.45. The van der Waals surface area contributed by atoms with Crippen LogP contribution >= 0.6 is 0 Å². The highest BCUT2D eigenvalue weighted by Crippen LogP contribution is 2.79. The maximum Gasteiger partial charge on any atom is 0.187 e. The molecule has 0 radical (unpaired) electrons. The highest BCUT2D eigenvalue weighted by molar-refractivity contribution is 5.23. The van der Waals surface area contributed by atoms with Crippen molar-refractivity contribution in [1.82, 2.24) is 5.06 Å². The quantitative estimate of drug-likeness (QED) is 0.377. The molecular weight excluding hydrogens is 450 g/mol. The largest absolute Gasteiger partial charge is 0.377 e. The summed E-state index contributed by atoms with van der Waals surface area (Å²) in [6.45, 7) is 18.4. The average Bonchev–Trinajstić information content (AvgIpc) is 3.30. The Bertz CT molecular complexity index is 953. The first-order chi connectivity index (χ1) is 16.9. The van der Waals surface area contributed by atoms with E-state index in [-0.39, 0.29) is 5.41 Å². The summed E-state index contributed by atoms with van der Waals surface area (Å²) in [5.41, 5.74) is 0.452. The lowest BCUT2D eigenvalue weighted by Gasteiger charge is -2.73. The van der Waals surface area contributed by atoms with E-state index in [0.717, 1.165) is 37.7 Å². The minimum atomic E-state index is -0.484. The minimum absolute atomic E-state index is 0.00926. The third-order valence-corrected chi connectivity index (χ3v) is 14.6. The molecule has 3 saturated heterocycles. The van der Waals surface area contributed by atoms with E-state index in [9.17, 15) is 0 Å². The first-order valence-corrected chi connectivity index (χ1v) is 15.2. The van der Waals surface area contributed by atoms with Gasteiger partial charge in [0.1, 0.15) is 0 Å². The lowest BCUT2D eigenvalue weighted by molar-refractivity contribution is -0.396. The third-order valence-electron chi connectivity index (χ3n) is 14.6. The van der Waals surface area contributed by atoms with Crippen LogP contribution in [0.2, 0.25) is 0 Å². The zero-order valence-electron chi connectivity index (χ0n) is 24.2. The van der Waals surface area contributed by atoms with Gasteiger partial charge < -0.3 is 4.74 Å². The van der Waals surface area contributed by atoms with Crippen molar-refractivity contribution in [3.8, 4) is 0 Å². The Morgan fingerprint density at radius 2 is 1.47 bits per heavy atom. The van der Waals surface area contributed by atoms with Crippen LogP contribution in [-0.2, 0) is 19.3 Å². The molecule has 0 unspecified atom stereocenters. The van der Waals surface area contributed by atoms with Crippen molar-refractivity contribution in [1.29, 1.82) is 0 Å². The van der Waals surface area contributed by atoms with Crippen LogP contribution in [0.4, 0.5) is 0 Å². The first kappa shape index (κ1) is 24.8. The van der Waals surface area contributed by atoms with Crippen LogP contribution < -0.4 is 0 Å². The van der Waals surface area contributed by atoms with Gasteiger partial charge in [0.05, 0.1) is 19.8 Å². The lowest BCUT2D eigenvalue weighted by atomic mass is 9.33. The number of nitrogens with zero attached hydrogens (tertiary/aromatic N) is 1. The van der Waals surface area contributed by atoms with Gasteiger partial charge in [-0.1, -0.05) is 48.5 Å². The van der Waals surface area contributed by atoms with E-state index in [4.69, 9.17) is 19.3 Å². The van der Waals surface area contributed by atoms with E-state index in [0.29, 0.717) is 39.6 Å². The molecule has 0 aromatic heterocycles. The second-order valence-electron chi connectivity index (χ2n) is 16.0. The molecule has 4 aliphatic carbocycles. The van der Waals surface area contributed by atoms with Gasteiger partial charge in [-0.05, 0) is 104 Å². The fourth-order valence-corrected chi connectivity index (χ4v) is 12.1. The summed E-state index contributed by atoms with van der Waals surface area (Å²) in [4.78, 5) is 19.1. The molecule has 1 spiro atoms. The molecule has 0 amide bonds. The molecule has 10 atom stereocenters. The molecule has 3 heterocycles. The van der Waals surface area contributed by atoms with E-state index < -0.39 is 11.4 Å². The van der Waals surface area contributed by atoms with Gasteiger partial charge in [0.15, 0.2) is 11.4 Å². The summed E-state index contributed by atoms with van der Waals surface area (Å²) < 4.78 is 6.74. The number of hydroxylamine groups is 2. The molecule has 3 aliphatic heterocycles. The van der Waals surface area contributed by atoms with Gasteiger partial charge in [-0.15, -0.1) is 5.06 Å². The van der Waals surface area contributed by atoms with Crippen LogP contribution in [0, 0.1) is 50.7 Å². The second kappa shape index (κ2) is 7.11. The van der Waals surface area contributed by atoms with E-state index in [2.05, 4.69) is 53.5 Å². The molecule has 7 rings (SSSR count). The Kier molecular flexibility index (Phi) is 4.90. The van der Waals surface area contributed by atoms with Crippen molar-refractivity contribution in [3.05, 3.63) is 0 Å².